The van der Waals surface area contributed by atoms with Gasteiger partial charge in [-0.1, -0.05) is 30.1 Å². The molecular formula is C14H21Cl2NO. The van der Waals surface area contributed by atoms with E-state index in [2.05, 4.69) is 6.92 Å². The topological polar surface area (TPSA) is 35.2 Å². The Morgan fingerprint density at radius 3 is 2.44 bits per heavy atom. The molecule has 18 heavy (non-hydrogen) atoms. The van der Waals surface area contributed by atoms with Gasteiger partial charge in [0.25, 0.3) is 0 Å². The first-order valence-corrected chi connectivity index (χ1v) is 7.03. The molecule has 0 fully saturated rings. The van der Waals surface area contributed by atoms with Crippen molar-refractivity contribution in [3.05, 3.63) is 27.7 Å². The molecule has 0 aromatic heterocycles. The first-order chi connectivity index (χ1) is 8.49. The Labute approximate surface area is 119 Å². The van der Waals surface area contributed by atoms with E-state index in [-0.39, 0.29) is 6.04 Å². The molecule has 0 spiro atoms. The Hall–Kier alpha value is -0.440. The first kappa shape index (κ1) is 15.6. The summed E-state index contributed by atoms with van der Waals surface area (Å²) in [7, 11) is 1.64. The number of benzene rings is 1. The summed E-state index contributed by atoms with van der Waals surface area (Å²) in [6.07, 6.45) is 3.01. The lowest BCUT2D eigenvalue weighted by Crippen LogP contribution is -2.16. The monoisotopic (exact) mass is 289 g/mol. The zero-order valence-corrected chi connectivity index (χ0v) is 12.7. The summed E-state index contributed by atoms with van der Waals surface area (Å²) in [6.45, 7) is 4.18. The Kier molecular flexibility index (Phi) is 6.27. The van der Waals surface area contributed by atoms with E-state index >= 15 is 0 Å². The number of methoxy groups -OCH3 is 1. The predicted octanol–water partition coefficient (Wildman–Crippen LogP) is 4.62. The summed E-state index contributed by atoms with van der Waals surface area (Å²) < 4.78 is 5.40. The number of halogens is 2. The number of hydrogen-bond donors (Lipinski definition) is 1. The Bertz CT molecular complexity index is 394. The third kappa shape index (κ3) is 4.04. The van der Waals surface area contributed by atoms with E-state index in [9.17, 15) is 0 Å². The molecule has 0 saturated heterocycles. The molecule has 0 aliphatic rings. The molecule has 0 heterocycles. The number of ether oxygens (including phenoxy) is 1. The van der Waals surface area contributed by atoms with Crippen molar-refractivity contribution in [1.29, 1.82) is 0 Å². The van der Waals surface area contributed by atoms with Crippen LogP contribution in [0.1, 0.15) is 44.6 Å². The molecule has 0 bridgehead atoms. The molecule has 4 heteroatoms. The SMILES string of the molecule is CCC(CCC(C)N)c1cc(Cl)cc(Cl)c1OC. The van der Waals surface area contributed by atoms with E-state index < -0.39 is 0 Å². The fraction of sp³-hybridized carbons (Fsp3) is 0.571. The van der Waals surface area contributed by atoms with Crippen molar-refractivity contribution in [2.24, 2.45) is 5.73 Å². The van der Waals surface area contributed by atoms with Gasteiger partial charge < -0.3 is 10.5 Å². The van der Waals surface area contributed by atoms with Gasteiger partial charge >= 0.3 is 0 Å². The van der Waals surface area contributed by atoms with Gasteiger partial charge in [-0.05, 0) is 44.2 Å². The molecule has 1 aromatic carbocycles. The van der Waals surface area contributed by atoms with E-state index in [0.29, 0.717) is 16.0 Å². The van der Waals surface area contributed by atoms with Crippen LogP contribution in [0.3, 0.4) is 0 Å². The molecule has 2 N–H and O–H groups in total. The van der Waals surface area contributed by atoms with E-state index in [1.165, 1.54) is 0 Å². The molecule has 2 nitrogen and oxygen atoms in total. The summed E-state index contributed by atoms with van der Waals surface area (Å²) in [5.41, 5.74) is 6.90. The van der Waals surface area contributed by atoms with Crippen LogP contribution in [0.2, 0.25) is 10.0 Å². The summed E-state index contributed by atoms with van der Waals surface area (Å²) >= 11 is 12.2. The lowest BCUT2D eigenvalue weighted by molar-refractivity contribution is 0.401. The highest BCUT2D eigenvalue weighted by atomic mass is 35.5. The van der Waals surface area contributed by atoms with Crippen molar-refractivity contribution in [3.63, 3.8) is 0 Å². The van der Waals surface area contributed by atoms with Crippen LogP contribution in [0.5, 0.6) is 5.75 Å². The summed E-state index contributed by atoms with van der Waals surface area (Å²) in [5, 5.41) is 1.22. The third-order valence-corrected chi connectivity index (χ3v) is 3.64. The second-order valence-electron chi connectivity index (χ2n) is 4.67. The molecule has 0 amide bonds. The zero-order valence-electron chi connectivity index (χ0n) is 11.2. The summed E-state index contributed by atoms with van der Waals surface area (Å²) in [6, 6.07) is 3.87. The Balaban J connectivity index is 3.03. The van der Waals surface area contributed by atoms with Crippen LogP contribution in [0, 0.1) is 0 Å². The van der Waals surface area contributed by atoms with Crippen LogP contribution in [0.4, 0.5) is 0 Å². The van der Waals surface area contributed by atoms with Gasteiger partial charge in [0.1, 0.15) is 5.75 Å². The van der Waals surface area contributed by atoms with Gasteiger partial charge in [0.15, 0.2) is 0 Å². The number of nitrogens with two attached hydrogens (primary N) is 1. The normalized spacial score (nSPS) is 14.3. The molecular weight excluding hydrogens is 269 g/mol. The van der Waals surface area contributed by atoms with Crippen molar-refractivity contribution < 1.29 is 4.74 Å². The highest BCUT2D eigenvalue weighted by molar-refractivity contribution is 6.35. The fourth-order valence-electron chi connectivity index (χ4n) is 2.14. The molecule has 0 aliphatic carbocycles. The van der Waals surface area contributed by atoms with Crippen LogP contribution in [0.25, 0.3) is 0 Å². The Morgan fingerprint density at radius 1 is 1.28 bits per heavy atom. The maximum atomic E-state index is 6.16. The molecule has 2 unspecified atom stereocenters. The van der Waals surface area contributed by atoms with E-state index in [1.807, 2.05) is 13.0 Å². The van der Waals surface area contributed by atoms with Crippen LogP contribution < -0.4 is 10.5 Å². The van der Waals surface area contributed by atoms with Crippen LogP contribution >= 0.6 is 23.2 Å². The van der Waals surface area contributed by atoms with Crippen LogP contribution in [-0.2, 0) is 0 Å². The fourth-order valence-corrected chi connectivity index (χ4v) is 2.73. The van der Waals surface area contributed by atoms with Gasteiger partial charge in [-0.3, -0.25) is 0 Å². The van der Waals surface area contributed by atoms with Crippen molar-refractivity contribution in [3.8, 4) is 5.75 Å². The quantitative estimate of drug-likeness (QED) is 0.829. The molecule has 0 radical (unpaired) electrons. The zero-order chi connectivity index (χ0) is 13.7. The highest BCUT2D eigenvalue weighted by Gasteiger charge is 2.18. The third-order valence-electron chi connectivity index (χ3n) is 3.14. The minimum atomic E-state index is 0.208. The number of rotatable bonds is 6. The average Bonchev–Trinajstić information content (AvgIpc) is 2.29. The molecule has 0 saturated carbocycles. The summed E-state index contributed by atoms with van der Waals surface area (Å²) in [4.78, 5) is 0. The molecule has 1 rings (SSSR count). The van der Waals surface area contributed by atoms with Crippen molar-refractivity contribution in [2.45, 2.75) is 45.1 Å². The first-order valence-electron chi connectivity index (χ1n) is 6.28. The van der Waals surface area contributed by atoms with Crippen molar-refractivity contribution in [1.82, 2.24) is 0 Å². The molecule has 1 aromatic rings. The van der Waals surface area contributed by atoms with E-state index in [4.69, 9.17) is 33.7 Å². The van der Waals surface area contributed by atoms with Gasteiger partial charge in [0.2, 0.25) is 0 Å². The maximum Gasteiger partial charge on any atom is 0.141 e. The average molecular weight is 290 g/mol. The van der Waals surface area contributed by atoms with Gasteiger partial charge in [0, 0.05) is 16.6 Å². The van der Waals surface area contributed by atoms with Crippen LogP contribution in [0.15, 0.2) is 12.1 Å². The molecule has 2 atom stereocenters. The van der Waals surface area contributed by atoms with E-state index in [1.54, 1.807) is 13.2 Å². The lowest BCUT2D eigenvalue weighted by Gasteiger charge is -2.20. The van der Waals surface area contributed by atoms with Crippen LogP contribution in [-0.4, -0.2) is 13.2 Å². The molecule has 0 aliphatic heterocycles. The van der Waals surface area contributed by atoms with Gasteiger partial charge in [-0.25, -0.2) is 0 Å². The van der Waals surface area contributed by atoms with Gasteiger partial charge in [-0.2, -0.15) is 0 Å². The molecule has 102 valence electrons. The van der Waals surface area contributed by atoms with Gasteiger partial charge in [0.05, 0.1) is 12.1 Å². The minimum Gasteiger partial charge on any atom is -0.495 e. The largest absolute Gasteiger partial charge is 0.495 e. The predicted molar refractivity (Wildman–Crippen MR) is 78.9 cm³/mol. The Morgan fingerprint density at radius 2 is 1.94 bits per heavy atom. The van der Waals surface area contributed by atoms with Crippen molar-refractivity contribution in [2.75, 3.05) is 7.11 Å². The van der Waals surface area contributed by atoms with Gasteiger partial charge in [-0.15, -0.1) is 0 Å². The smallest absolute Gasteiger partial charge is 0.141 e. The van der Waals surface area contributed by atoms with Crippen molar-refractivity contribution >= 4 is 23.2 Å². The maximum absolute atomic E-state index is 6.16. The summed E-state index contributed by atoms with van der Waals surface area (Å²) in [5.74, 6) is 1.11. The lowest BCUT2D eigenvalue weighted by atomic mass is 9.90. The standard InChI is InChI=1S/C14H21Cl2NO/c1-4-10(6-5-9(2)17)12-7-11(15)8-13(16)14(12)18-3/h7-10H,4-6,17H2,1-3H3. The van der Waals surface area contributed by atoms with E-state index in [0.717, 1.165) is 30.6 Å². The second kappa shape index (κ2) is 7.22. The second-order valence-corrected chi connectivity index (χ2v) is 5.51. The highest BCUT2D eigenvalue weighted by Crippen LogP contribution is 2.39. The number of hydrogen-bond acceptors (Lipinski definition) is 2. The minimum absolute atomic E-state index is 0.208.